The van der Waals surface area contributed by atoms with E-state index in [1.807, 2.05) is 33.8 Å². The summed E-state index contributed by atoms with van der Waals surface area (Å²) < 4.78 is 4.97. The van der Waals surface area contributed by atoms with Gasteiger partial charge in [-0.3, -0.25) is 4.68 Å². The van der Waals surface area contributed by atoms with Gasteiger partial charge in [0.25, 0.3) is 0 Å². The van der Waals surface area contributed by atoms with Crippen molar-refractivity contribution >= 4 is 43.1 Å². The van der Waals surface area contributed by atoms with E-state index >= 15 is 0 Å². The molecule has 0 radical (unpaired) electrons. The van der Waals surface area contributed by atoms with Crippen LogP contribution >= 0.6 is 27.3 Å². The topological polar surface area (TPSA) is 60.9 Å². The van der Waals surface area contributed by atoms with E-state index in [-0.39, 0.29) is 0 Å². The molecule has 0 bridgehead atoms. The van der Waals surface area contributed by atoms with Crippen molar-refractivity contribution < 1.29 is 0 Å². The van der Waals surface area contributed by atoms with E-state index in [0.717, 1.165) is 63.9 Å². The fourth-order valence-corrected chi connectivity index (χ4v) is 6.32. The molecule has 1 aliphatic carbocycles. The molecule has 0 unspecified atom stereocenters. The average molecular weight is 501 g/mol. The summed E-state index contributed by atoms with van der Waals surface area (Å²) in [6.45, 7) is 12.0. The highest BCUT2D eigenvalue weighted by atomic mass is 79.9. The molecule has 0 fully saturated rings. The van der Waals surface area contributed by atoms with Crippen LogP contribution in [0.4, 0.5) is 0 Å². The number of aromatic nitrogens is 6. The van der Waals surface area contributed by atoms with E-state index in [4.69, 9.17) is 15.1 Å². The number of fused-ring (bicyclic) bond motifs is 5. The lowest BCUT2D eigenvalue weighted by molar-refractivity contribution is 0.184. The first-order valence-corrected chi connectivity index (χ1v) is 12.7. The second-order valence-corrected chi connectivity index (χ2v) is 11.3. The van der Waals surface area contributed by atoms with E-state index in [1.54, 1.807) is 0 Å². The average Bonchev–Trinajstić information content (AvgIpc) is 3.41. The van der Waals surface area contributed by atoms with Gasteiger partial charge in [-0.2, -0.15) is 5.10 Å². The van der Waals surface area contributed by atoms with Gasteiger partial charge in [-0.25, -0.2) is 14.5 Å². The van der Waals surface area contributed by atoms with Crippen molar-refractivity contribution in [1.82, 2.24) is 29.4 Å². The van der Waals surface area contributed by atoms with Crippen LogP contribution in [0.3, 0.4) is 0 Å². The van der Waals surface area contributed by atoms with Gasteiger partial charge in [-0.05, 0) is 65.9 Å². The highest BCUT2D eigenvalue weighted by Gasteiger charge is 2.33. The highest BCUT2D eigenvalue weighted by molar-refractivity contribution is 9.10. The Morgan fingerprint density at radius 3 is 2.77 bits per heavy atom. The third kappa shape index (κ3) is 3.52. The van der Waals surface area contributed by atoms with E-state index in [0.29, 0.717) is 5.41 Å². The second-order valence-electron chi connectivity index (χ2n) is 9.46. The first-order chi connectivity index (χ1) is 14.8. The lowest BCUT2D eigenvalue weighted by Gasteiger charge is -2.36. The fourth-order valence-electron chi connectivity index (χ4n) is 4.78. The Hall–Kier alpha value is -1.80. The van der Waals surface area contributed by atoms with Gasteiger partial charge < -0.3 is 0 Å². The zero-order valence-electron chi connectivity index (χ0n) is 18.9. The molecule has 4 heterocycles. The largest absolute Gasteiger partial charge is 0.268 e. The predicted octanol–water partition coefficient (Wildman–Crippen LogP) is 5.70. The molecule has 0 saturated carbocycles. The number of hydrogen-bond acceptors (Lipinski definition) is 5. The predicted molar refractivity (Wildman–Crippen MR) is 129 cm³/mol. The van der Waals surface area contributed by atoms with E-state index in [1.165, 1.54) is 28.7 Å². The van der Waals surface area contributed by atoms with Crippen molar-refractivity contribution in [1.29, 1.82) is 0 Å². The Balaban J connectivity index is 1.47. The van der Waals surface area contributed by atoms with Gasteiger partial charge in [-0.1, -0.05) is 27.2 Å². The third-order valence-corrected chi connectivity index (χ3v) is 9.60. The Morgan fingerprint density at radius 2 is 2.06 bits per heavy atom. The summed E-state index contributed by atoms with van der Waals surface area (Å²) in [4.78, 5) is 12.3. The first kappa shape index (κ1) is 21.1. The summed E-state index contributed by atoms with van der Waals surface area (Å²) >= 11 is 5.47. The molecular weight excluding hydrogens is 472 g/mol. The van der Waals surface area contributed by atoms with Crippen molar-refractivity contribution in [2.24, 2.45) is 11.3 Å². The number of rotatable bonds is 5. The minimum atomic E-state index is 0.386. The Kier molecular flexibility index (Phi) is 5.20. The monoisotopic (exact) mass is 500 g/mol. The summed E-state index contributed by atoms with van der Waals surface area (Å²) in [6, 6.07) is 0. The molecule has 8 heteroatoms. The van der Waals surface area contributed by atoms with Gasteiger partial charge in [0, 0.05) is 23.5 Å². The molecule has 0 aliphatic heterocycles. The standard InChI is InChI=1S/C23H29BrN6S/c1-6-23(4,5)15-7-8-16-17(11-15)31-22-19(16)21-26-18(28-30(21)12-25-22)9-10-29-14(3)20(24)13(2)27-29/h12,15H,6-11H2,1-5H3/t15-/m1/s1. The van der Waals surface area contributed by atoms with Crippen molar-refractivity contribution in [3.8, 4) is 0 Å². The van der Waals surface area contributed by atoms with E-state index in [2.05, 4.69) is 48.7 Å². The normalized spacial score (nSPS) is 17.0. The molecule has 0 N–H and O–H groups in total. The summed E-state index contributed by atoms with van der Waals surface area (Å²) in [5.74, 6) is 1.58. The number of halogens is 1. The number of thiophene rings is 1. The molecule has 4 aromatic rings. The van der Waals surface area contributed by atoms with Gasteiger partial charge in [0.05, 0.1) is 15.6 Å². The van der Waals surface area contributed by atoms with Crippen LogP contribution in [0.2, 0.25) is 0 Å². The molecule has 0 aromatic carbocycles. The highest BCUT2D eigenvalue weighted by Crippen LogP contribution is 2.44. The Labute approximate surface area is 195 Å². The quantitative estimate of drug-likeness (QED) is 0.352. The maximum absolute atomic E-state index is 4.94. The SMILES string of the molecule is CCC(C)(C)[C@@H]1CCc2c(sc3ncn4nc(CCn5nc(C)c(Br)c5C)nc4c23)C1. The van der Waals surface area contributed by atoms with Crippen LogP contribution in [-0.2, 0) is 25.8 Å². The van der Waals surface area contributed by atoms with Gasteiger partial charge in [0.15, 0.2) is 11.5 Å². The summed E-state index contributed by atoms with van der Waals surface area (Å²) in [7, 11) is 0. The zero-order valence-corrected chi connectivity index (χ0v) is 21.3. The number of nitrogens with zero attached hydrogens (tertiary/aromatic N) is 6. The van der Waals surface area contributed by atoms with E-state index in [9.17, 15) is 0 Å². The molecule has 0 spiro atoms. The van der Waals surface area contributed by atoms with Crippen LogP contribution in [0, 0.1) is 25.2 Å². The van der Waals surface area contributed by atoms with E-state index < -0.39 is 0 Å². The molecular formula is C23H29BrN6S. The summed E-state index contributed by atoms with van der Waals surface area (Å²) in [5, 5.41) is 10.6. The lowest BCUT2D eigenvalue weighted by Crippen LogP contribution is -2.28. The van der Waals surface area contributed by atoms with Crippen LogP contribution in [-0.4, -0.2) is 29.4 Å². The molecule has 31 heavy (non-hydrogen) atoms. The summed E-state index contributed by atoms with van der Waals surface area (Å²) in [6.07, 6.45) is 7.32. The maximum atomic E-state index is 4.94. The number of aryl methyl sites for hydroxylation is 4. The molecule has 4 aromatic heterocycles. The van der Waals surface area contributed by atoms with Gasteiger partial charge in [-0.15, -0.1) is 16.4 Å². The van der Waals surface area contributed by atoms with Crippen LogP contribution in [0.15, 0.2) is 10.8 Å². The molecule has 0 saturated heterocycles. The van der Waals surface area contributed by atoms with Crippen molar-refractivity contribution in [3.63, 3.8) is 0 Å². The smallest absolute Gasteiger partial charge is 0.167 e. The van der Waals surface area contributed by atoms with Gasteiger partial charge in [0.1, 0.15) is 11.2 Å². The maximum Gasteiger partial charge on any atom is 0.167 e. The minimum absolute atomic E-state index is 0.386. The number of hydrogen-bond donors (Lipinski definition) is 0. The minimum Gasteiger partial charge on any atom is -0.268 e. The molecule has 6 nitrogen and oxygen atoms in total. The Bertz CT molecular complexity index is 1280. The molecule has 0 amide bonds. The zero-order chi connectivity index (χ0) is 21.9. The molecule has 5 rings (SSSR count). The van der Waals surface area contributed by atoms with Crippen LogP contribution in [0.5, 0.6) is 0 Å². The van der Waals surface area contributed by atoms with Crippen molar-refractivity contribution in [2.75, 3.05) is 0 Å². The molecule has 164 valence electrons. The van der Waals surface area contributed by atoms with Gasteiger partial charge in [0.2, 0.25) is 0 Å². The van der Waals surface area contributed by atoms with Crippen molar-refractivity contribution in [3.05, 3.63) is 38.5 Å². The second kappa shape index (κ2) is 7.66. The van der Waals surface area contributed by atoms with Crippen LogP contribution in [0.25, 0.3) is 15.9 Å². The Morgan fingerprint density at radius 1 is 1.26 bits per heavy atom. The first-order valence-electron chi connectivity index (χ1n) is 11.1. The third-order valence-electron chi connectivity index (χ3n) is 7.29. The fraction of sp³-hybridized carbons (Fsp3) is 0.565. The van der Waals surface area contributed by atoms with Crippen molar-refractivity contribution in [2.45, 2.75) is 73.3 Å². The van der Waals surface area contributed by atoms with Crippen LogP contribution in [0.1, 0.15) is 61.3 Å². The molecule has 1 aliphatic rings. The summed E-state index contributed by atoms with van der Waals surface area (Å²) in [5.41, 5.74) is 4.96. The molecule has 1 atom stereocenters. The van der Waals surface area contributed by atoms with Crippen LogP contribution < -0.4 is 0 Å². The lowest BCUT2D eigenvalue weighted by atomic mass is 9.70. The van der Waals surface area contributed by atoms with Gasteiger partial charge >= 0.3 is 0 Å².